The molecule has 2 amide bonds. The number of hydrogen-bond donors (Lipinski definition) is 2. The molecule has 0 radical (unpaired) electrons. The maximum Gasteiger partial charge on any atom is 0.318 e. The molecule has 136 valence electrons. The molecule has 6 nitrogen and oxygen atoms in total. The average Bonchev–Trinajstić information content (AvgIpc) is 3.42. The van der Waals surface area contributed by atoms with Crippen molar-refractivity contribution in [3.63, 3.8) is 0 Å². The highest BCUT2D eigenvalue weighted by atomic mass is 32.1. The Kier molecular flexibility index (Phi) is 4.01. The second-order valence-electron chi connectivity index (χ2n) is 6.73. The van der Waals surface area contributed by atoms with E-state index in [1.807, 2.05) is 47.4 Å². The molecule has 5 rings (SSSR count). The fourth-order valence-corrected chi connectivity index (χ4v) is 4.76. The first-order chi connectivity index (χ1) is 13.3. The number of thiazole rings is 1. The van der Waals surface area contributed by atoms with Crippen LogP contribution in [0.5, 0.6) is 0 Å². The van der Waals surface area contributed by atoms with Crippen molar-refractivity contribution in [2.45, 2.75) is 25.4 Å². The molecule has 0 bridgehead atoms. The number of nitrogens with zero attached hydrogens (tertiary/aromatic N) is 3. The molecule has 4 aromatic rings. The van der Waals surface area contributed by atoms with Gasteiger partial charge in [-0.15, -0.1) is 11.3 Å². The van der Waals surface area contributed by atoms with E-state index >= 15 is 0 Å². The Morgan fingerprint density at radius 2 is 1.96 bits per heavy atom. The maximum absolute atomic E-state index is 12.8. The van der Waals surface area contributed by atoms with Gasteiger partial charge in [-0.2, -0.15) is 0 Å². The van der Waals surface area contributed by atoms with Crippen LogP contribution < -0.4 is 5.32 Å². The van der Waals surface area contributed by atoms with Crippen LogP contribution in [0.2, 0.25) is 0 Å². The molecule has 2 aromatic carbocycles. The number of likely N-dealkylation sites (tertiary alicyclic amines) is 1. The molecule has 1 atom stereocenters. The molecule has 3 heterocycles. The normalized spacial score (nSPS) is 17.0. The van der Waals surface area contributed by atoms with Crippen LogP contribution in [0.4, 0.5) is 4.79 Å². The van der Waals surface area contributed by atoms with Crippen LogP contribution in [0.3, 0.4) is 0 Å². The minimum Gasteiger partial charge on any atom is -0.340 e. The maximum atomic E-state index is 12.8. The number of rotatable bonds is 3. The van der Waals surface area contributed by atoms with E-state index in [1.54, 1.807) is 11.3 Å². The first kappa shape index (κ1) is 16.3. The predicted molar refractivity (Wildman–Crippen MR) is 107 cm³/mol. The Labute approximate surface area is 160 Å². The van der Waals surface area contributed by atoms with Crippen molar-refractivity contribution >= 4 is 38.6 Å². The minimum atomic E-state index is -0.0581. The number of nitrogens with one attached hydrogen (secondary N) is 2. The molecule has 1 aliphatic heterocycles. The molecule has 0 spiro atoms. The third-order valence-electron chi connectivity index (χ3n) is 4.95. The molecular weight excluding hydrogens is 358 g/mol. The molecule has 1 fully saturated rings. The van der Waals surface area contributed by atoms with Gasteiger partial charge in [0.05, 0.1) is 33.8 Å². The third kappa shape index (κ3) is 3.04. The van der Waals surface area contributed by atoms with Crippen LogP contribution in [-0.4, -0.2) is 32.4 Å². The number of aromatic nitrogens is 3. The quantitative estimate of drug-likeness (QED) is 0.561. The predicted octanol–water partition coefficient (Wildman–Crippen LogP) is 4.22. The number of fused-ring (bicyclic) bond motifs is 2. The number of hydrogen-bond acceptors (Lipinski definition) is 4. The topological polar surface area (TPSA) is 73.9 Å². The summed E-state index contributed by atoms with van der Waals surface area (Å²) in [5, 5.41) is 4.03. The molecule has 0 unspecified atom stereocenters. The van der Waals surface area contributed by atoms with E-state index in [-0.39, 0.29) is 12.1 Å². The van der Waals surface area contributed by atoms with E-state index in [4.69, 9.17) is 4.98 Å². The van der Waals surface area contributed by atoms with Crippen molar-refractivity contribution < 1.29 is 4.79 Å². The fraction of sp³-hybridized carbons (Fsp3) is 0.250. The highest BCUT2D eigenvalue weighted by Crippen LogP contribution is 2.36. The molecule has 2 N–H and O–H groups in total. The number of aromatic amines is 1. The molecule has 0 aliphatic carbocycles. The van der Waals surface area contributed by atoms with Gasteiger partial charge in [-0.1, -0.05) is 24.3 Å². The number of imidazole rings is 1. The van der Waals surface area contributed by atoms with Crippen molar-refractivity contribution in [2.75, 3.05) is 6.54 Å². The van der Waals surface area contributed by atoms with Gasteiger partial charge in [0.2, 0.25) is 0 Å². The van der Waals surface area contributed by atoms with Gasteiger partial charge in [-0.3, -0.25) is 0 Å². The summed E-state index contributed by atoms with van der Waals surface area (Å²) in [4.78, 5) is 27.2. The monoisotopic (exact) mass is 377 g/mol. The molecule has 2 aromatic heterocycles. The van der Waals surface area contributed by atoms with E-state index in [0.29, 0.717) is 6.54 Å². The number of urea groups is 1. The largest absolute Gasteiger partial charge is 0.340 e. The number of amides is 2. The van der Waals surface area contributed by atoms with Gasteiger partial charge in [-0.05, 0) is 37.1 Å². The summed E-state index contributed by atoms with van der Waals surface area (Å²) < 4.78 is 1.17. The second kappa shape index (κ2) is 6.66. The summed E-state index contributed by atoms with van der Waals surface area (Å²) in [6.45, 7) is 1.14. The smallest absolute Gasteiger partial charge is 0.318 e. The number of para-hydroxylation sites is 3. The van der Waals surface area contributed by atoms with Crippen LogP contribution in [0.15, 0.2) is 48.5 Å². The summed E-state index contributed by atoms with van der Waals surface area (Å²) in [7, 11) is 0. The highest BCUT2D eigenvalue weighted by molar-refractivity contribution is 7.18. The zero-order chi connectivity index (χ0) is 18.2. The zero-order valence-corrected chi connectivity index (χ0v) is 15.5. The Balaban J connectivity index is 1.31. The number of carbonyl (C=O) groups excluding carboxylic acids is 1. The van der Waals surface area contributed by atoms with Gasteiger partial charge in [0.15, 0.2) is 0 Å². The Morgan fingerprint density at radius 1 is 1.15 bits per heavy atom. The SMILES string of the molecule is O=C(NCc1nc2ccccc2[nH]1)N1CCC[C@@H]1c1nc2ccccc2s1. The first-order valence-corrected chi connectivity index (χ1v) is 9.93. The van der Waals surface area contributed by atoms with Crippen LogP contribution >= 0.6 is 11.3 Å². The standard InChI is InChI=1S/C20H19N5OS/c26-20(21-12-18-22-13-6-1-2-7-14(13)23-18)25-11-5-9-16(25)19-24-15-8-3-4-10-17(15)27-19/h1-4,6-8,10,16H,5,9,11-12H2,(H,21,26)(H,22,23)/t16-/m1/s1. The molecule has 0 saturated carbocycles. The van der Waals surface area contributed by atoms with Crippen molar-refractivity contribution in [2.24, 2.45) is 0 Å². The third-order valence-corrected chi connectivity index (χ3v) is 6.09. The molecule has 1 saturated heterocycles. The Morgan fingerprint density at radius 3 is 2.81 bits per heavy atom. The van der Waals surface area contributed by atoms with Gasteiger partial charge in [0, 0.05) is 6.54 Å². The van der Waals surface area contributed by atoms with Crippen LogP contribution in [0.25, 0.3) is 21.3 Å². The van der Waals surface area contributed by atoms with E-state index in [0.717, 1.165) is 46.8 Å². The summed E-state index contributed by atoms with van der Waals surface area (Å²) in [5.41, 5.74) is 2.90. The van der Waals surface area contributed by atoms with Crippen LogP contribution in [0, 0.1) is 0 Å². The van der Waals surface area contributed by atoms with Gasteiger partial charge in [-0.25, -0.2) is 14.8 Å². The number of carbonyl (C=O) groups is 1. The number of benzene rings is 2. The summed E-state index contributed by atoms with van der Waals surface area (Å²) in [5.74, 6) is 0.764. The van der Waals surface area contributed by atoms with Gasteiger partial charge in [0.25, 0.3) is 0 Å². The second-order valence-corrected chi connectivity index (χ2v) is 7.79. The summed E-state index contributed by atoms with van der Waals surface area (Å²) >= 11 is 1.68. The van der Waals surface area contributed by atoms with Gasteiger partial charge >= 0.3 is 6.03 Å². The molecule has 7 heteroatoms. The van der Waals surface area contributed by atoms with Crippen LogP contribution in [0.1, 0.15) is 29.7 Å². The first-order valence-electron chi connectivity index (χ1n) is 9.11. The molecular formula is C20H19N5OS. The van der Waals surface area contributed by atoms with E-state index in [9.17, 15) is 4.79 Å². The van der Waals surface area contributed by atoms with Crippen molar-refractivity contribution in [3.05, 3.63) is 59.4 Å². The average molecular weight is 377 g/mol. The Bertz CT molecular complexity index is 1050. The van der Waals surface area contributed by atoms with E-state index in [1.165, 1.54) is 4.70 Å². The fourth-order valence-electron chi connectivity index (χ4n) is 3.65. The van der Waals surface area contributed by atoms with E-state index in [2.05, 4.69) is 21.4 Å². The number of H-pyrrole nitrogens is 1. The van der Waals surface area contributed by atoms with Crippen molar-refractivity contribution in [3.8, 4) is 0 Å². The van der Waals surface area contributed by atoms with Crippen molar-refractivity contribution in [1.82, 2.24) is 25.2 Å². The molecule has 1 aliphatic rings. The van der Waals surface area contributed by atoms with E-state index < -0.39 is 0 Å². The zero-order valence-electron chi connectivity index (χ0n) is 14.7. The van der Waals surface area contributed by atoms with Gasteiger partial charge in [0.1, 0.15) is 10.8 Å². The van der Waals surface area contributed by atoms with Gasteiger partial charge < -0.3 is 15.2 Å². The Hall–Kier alpha value is -2.93. The lowest BCUT2D eigenvalue weighted by molar-refractivity contribution is 0.192. The minimum absolute atomic E-state index is 0.0538. The summed E-state index contributed by atoms with van der Waals surface area (Å²) in [6.07, 6.45) is 1.95. The highest BCUT2D eigenvalue weighted by Gasteiger charge is 2.32. The summed E-state index contributed by atoms with van der Waals surface area (Å²) in [6, 6.07) is 16.0. The lowest BCUT2D eigenvalue weighted by atomic mass is 10.2. The lowest BCUT2D eigenvalue weighted by Gasteiger charge is -2.23. The van der Waals surface area contributed by atoms with Crippen molar-refractivity contribution in [1.29, 1.82) is 0 Å². The molecule has 27 heavy (non-hydrogen) atoms. The van der Waals surface area contributed by atoms with Crippen LogP contribution in [-0.2, 0) is 6.54 Å². The lowest BCUT2D eigenvalue weighted by Crippen LogP contribution is -2.39.